The summed E-state index contributed by atoms with van der Waals surface area (Å²) in [6.07, 6.45) is 3.32. The van der Waals surface area contributed by atoms with Crippen LogP contribution in [0.1, 0.15) is 47.4 Å². The SMILES string of the molecule is Cc1nn(Cc2ccccc2)c(N)c1C(=O)NC(c1nc(-c2ccncc2)no1)C(C)C. The van der Waals surface area contributed by atoms with Crippen molar-refractivity contribution in [1.82, 2.24) is 30.2 Å². The van der Waals surface area contributed by atoms with E-state index in [1.54, 1.807) is 36.1 Å². The molecule has 1 atom stereocenters. The predicted molar refractivity (Wildman–Crippen MR) is 119 cm³/mol. The monoisotopic (exact) mass is 431 g/mol. The number of amides is 1. The van der Waals surface area contributed by atoms with Crippen LogP contribution >= 0.6 is 0 Å². The zero-order valence-corrected chi connectivity index (χ0v) is 18.2. The first-order chi connectivity index (χ1) is 15.4. The van der Waals surface area contributed by atoms with Gasteiger partial charge in [0, 0.05) is 18.0 Å². The summed E-state index contributed by atoms with van der Waals surface area (Å²) in [5.74, 6) is 0.753. The number of hydrogen-bond acceptors (Lipinski definition) is 7. The molecule has 3 heterocycles. The van der Waals surface area contributed by atoms with Crippen molar-refractivity contribution in [2.75, 3.05) is 5.73 Å². The maximum absolute atomic E-state index is 13.2. The Morgan fingerprint density at radius 3 is 2.56 bits per heavy atom. The third-order valence-electron chi connectivity index (χ3n) is 5.17. The summed E-state index contributed by atoms with van der Waals surface area (Å²) < 4.78 is 7.11. The number of aryl methyl sites for hydroxylation is 1. The van der Waals surface area contributed by atoms with Crippen LogP contribution in [-0.2, 0) is 6.54 Å². The predicted octanol–water partition coefficient (Wildman–Crippen LogP) is 3.39. The lowest BCUT2D eigenvalue weighted by Crippen LogP contribution is -2.32. The van der Waals surface area contributed by atoms with E-state index < -0.39 is 6.04 Å². The lowest BCUT2D eigenvalue weighted by molar-refractivity contribution is 0.0914. The fraction of sp³-hybridized carbons (Fsp3) is 0.261. The smallest absolute Gasteiger partial charge is 0.257 e. The minimum absolute atomic E-state index is 0.00517. The van der Waals surface area contributed by atoms with Crippen molar-refractivity contribution in [3.8, 4) is 11.4 Å². The fourth-order valence-electron chi connectivity index (χ4n) is 3.46. The first kappa shape index (κ1) is 21.2. The second-order valence-corrected chi connectivity index (χ2v) is 7.88. The number of nitrogens with zero attached hydrogens (tertiary/aromatic N) is 5. The molecule has 0 saturated heterocycles. The topological polar surface area (TPSA) is 125 Å². The molecule has 0 fully saturated rings. The molecule has 32 heavy (non-hydrogen) atoms. The van der Waals surface area contributed by atoms with Crippen LogP contribution in [0.25, 0.3) is 11.4 Å². The van der Waals surface area contributed by atoms with Gasteiger partial charge in [-0.15, -0.1) is 0 Å². The van der Waals surface area contributed by atoms with Crippen molar-refractivity contribution in [2.45, 2.75) is 33.4 Å². The van der Waals surface area contributed by atoms with Crippen LogP contribution in [0.15, 0.2) is 59.4 Å². The number of nitrogen functional groups attached to an aromatic ring is 1. The van der Waals surface area contributed by atoms with Crippen LogP contribution in [0.5, 0.6) is 0 Å². The highest BCUT2D eigenvalue weighted by molar-refractivity contribution is 5.99. The van der Waals surface area contributed by atoms with Gasteiger partial charge in [-0.1, -0.05) is 49.3 Å². The number of anilines is 1. The maximum atomic E-state index is 13.2. The van der Waals surface area contributed by atoms with E-state index in [0.717, 1.165) is 11.1 Å². The average Bonchev–Trinajstić information content (AvgIpc) is 3.38. The van der Waals surface area contributed by atoms with Gasteiger partial charge in [0.25, 0.3) is 5.91 Å². The molecule has 1 aromatic carbocycles. The molecule has 0 saturated carbocycles. The Kier molecular flexibility index (Phi) is 5.98. The van der Waals surface area contributed by atoms with Crippen LogP contribution in [0, 0.1) is 12.8 Å². The highest BCUT2D eigenvalue weighted by Crippen LogP contribution is 2.25. The molecular formula is C23H25N7O2. The Hall–Kier alpha value is -4.01. The molecule has 0 aliphatic heterocycles. The van der Waals surface area contributed by atoms with Gasteiger partial charge in [-0.25, -0.2) is 4.68 Å². The van der Waals surface area contributed by atoms with Gasteiger partial charge >= 0.3 is 0 Å². The number of benzene rings is 1. The quantitative estimate of drug-likeness (QED) is 0.459. The molecule has 0 radical (unpaired) electrons. The number of pyridine rings is 1. The van der Waals surface area contributed by atoms with E-state index in [1.165, 1.54) is 0 Å². The lowest BCUT2D eigenvalue weighted by Gasteiger charge is -2.18. The summed E-state index contributed by atoms with van der Waals surface area (Å²) in [5, 5.41) is 11.5. The summed E-state index contributed by atoms with van der Waals surface area (Å²) in [7, 11) is 0. The van der Waals surface area contributed by atoms with E-state index in [2.05, 4.69) is 25.5 Å². The molecule has 3 aromatic heterocycles. The molecule has 0 aliphatic carbocycles. The van der Waals surface area contributed by atoms with E-state index in [4.69, 9.17) is 10.3 Å². The Balaban J connectivity index is 1.56. The molecule has 9 nitrogen and oxygen atoms in total. The zero-order valence-electron chi connectivity index (χ0n) is 18.2. The van der Waals surface area contributed by atoms with Crippen molar-refractivity contribution in [3.05, 3.63) is 77.6 Å². The van der Waals surface area contributed by atoms with Gasteiger partial charge in [-0.2, -0.15) is 10.1 Å². The minimum atomic E-state index is -0.484. The number of rotatable bonds is 7. The summed E-state index contributed by atoms with van der Waals surface area (Å²) >= 11 is 0. The van der Waals surface area contributed by atoms with E-state index >= 15 is 0 Å². The van der Waals surface area contributed by atoms with Gasteiger partial charge in [-0.3, -0.25) is 9.78 Å². The summed E-state index contributed by atoms with van der Waals surface area (Å²) in [6.45, 7) is 6.19. The van der Waals surface area contributed by atoms with Crippen molar-refractivity contribution in [2.24, 2.45) is 5.92 Å². The van der Waals surface area contributed by atoms with Crippen molar-refractivity contribution in [1.29, 1.82) is 0 Å². The Bertz CT molecular complexity index is 1200. The van der Waals surface area contributed by atoms with E-state index in [0.29, 0.717) is 35.3 Å². The molecule has 3 N–H and O–H groups in total. The van der Waals surface area contributed by atoms with Crippen LogP contribution in [0.4, 0.5) is 5.82 Å². The largest absolute Gasteiger partial charge is 0.383 e. The van der Waals surface area contributed by atoms with Gasteiger partial charge in [0.15, 0.2) is 0 Å². The number of carbonyl (C=O) groups excluding carboxylic acids is 1. The van der Waals surface area contributed by atoms with E-state index in [9.17, 15) is 4.79 Å². The average molecular weight is 432 g/mol. The number of nitrogens with one attached hydrogen (secondary N) is 1. The van der Waals surface area contributed by atoms with E-state index in [-0.39, 0.29) is 11.8 Å². The molecule has 9 heteroatoms. The first-order valence-electron chi connectivity index (χ1n) is 10.4. The second kappa shape index (κ2) is 9.01. The maximum Gasteiger partial charge on any atom is 0.257 e. The van der Waals surface area contributed by atoms with E-state index in [1.807, 2.05) is 44.2 Å². The molecule has 4 rings (SSSR count). The van der Waals surface area contributed by atoms with Crippen molar-refractivity contribution < 1.29 is 9.32 Å². The molecule has 4 aromatic rings. The number of aromatic nitrogens is 5. The van der Waals surface area contributed by atoms with Crippen molar-refractivity contribution in [3.63, 3.8) is 0 Å². The molecule has 0 aliphatic rings. The molecular weight excluding hydrogens is 406 g/mol. The van der Waals surface area contributed by atoms with Gasteiger partial charge in [0.2, 0.25) is 11.7 Å². The van der Waals surface area contributed by atoms with Gasteiger partial charge in [0.05, 0.1) is 12.2 Å². The molecule has 1 unspecified atom stereocenters. The Labute approximate surface area is 185 Å². The Morgan fingerprint density at radius 2 is 1.88 bits per heavy atom. The lowest BCUT2D eigenvalue weighted by atomic mass is 10.0. The second-order valence-electron chi connectivity index (χ2n) is 7.88. The van der Waals surface area contributed by atoms with Crippen LogP contribution in [-0.4, -0.2) is 30.8 Å². The highest BCUT2D eigenvalue weighted by Gasteiger charge is 2.28. The summed E-state index contributed by atoms with van der Waals surface area (Å²) in [5.41, 5.74) is 9.04. The number of hydrogen-bond donors (Lipinski definition) is 2. The van der Waals surface area contributed by atoms with Gasteiger partial charge < -0.3 is 15.6 Å². The summed E-state index contributed by atoms with van der Waals surface area (Å²) in [4.78, 5) is 21.7. The van der Waals surface area contributed by atoms with Crippen molar-refractivity contribution >= 4 is 11.7 Å². The third kappa shape index (κ3) is 4.36. The Morgan fingerprint density at radius 1 is 1.16 bits per heavy atom. The molecule has 0 spiro atoms. The van der Waals surface area contributed by atoms with Crippen LogP contribution in [0.2, 0.25) is 0 Å². The van der Waals surface area contributed by atoms with Gasteiger partial charge in [-0.05, 0) is 30.5 Å². The standard InChI is InChI=1S/C23H25N7O2/c1-14(2)19(23-27-21(29-32-23)17-9-11-25-12-10-17)26-22(31)18-15(3)28-30(20(18)24)13-16-7-5-4-6-8-16/h4-12,14,19H,13,24H2,1-3H3,(H,26,31). The normalized spacial score (nSPS) is 12.1. The fourth-order valence-corrected chi connectivity index (χ4v) is 3.46. The molecule has 1 amide bonds. The molecule has 164 valence electrons. The van der Waals surface area contributed by atoms with Crippen LogP contribution < -0.4 is 11.1 Å². The number of carbonyl (C=O) groups is 1. The minimum Gasteiger partial charge on any atom is -0.383 e. The van der Waals surface area contributed by atoms with Crippen LogP contribution in [0.3, 0.4) is 0 Å². The first-order valence-corrected chi connectivity index (χ1v) is 10.4. The zero-order chi connectivity index (χ0) is 22.7. The molecule has 0 bridgehead atoms. The third-order valence-corrected chi connectivity index (χ3v) is 5.17. The summed E-state index contributed by atoms with van der Waals surface area (Å²) in [6, 6.07) is 12.9. The van der Waals surface area contributed by atoms with Gasteiger partial charge in [0.1, 0.15) is 17.4 Å². The highest BCUT2D eigenvalue weighted by atomic mass is 16.5. The number of nitrogens with two attached hydrogens (primary N) is 1.